The van der Waals surface area contributed by atoms with Gasteiger partial charge in [-0.05, 0) is 44.9 Å². The Morgan fingerprint density at radius 1 is 1.23 bits per heavy atom. The Labute approximate surface area is 155 Å². The molecule has 0 saturated carbocycles. The number of sulfonamides is 1. The number of amides is 3. The summed E-state index contributed by atoms with van der Waals surface area (Å²) in [6.07, 6.45) is 0.655. The average Bonchev–Trinajstić information content (AvgIpc) is 2.49. The van der Waals surface area contributed by atoms with E-state index in [2.05, 4.69) is 15.4 Å². The smallest absolute Gasteiger partial charge is 0.312 e. The number of rotatable bonds is 7. The number of hydrogen-bond donors (Lipinski definition) is 4. The highest BCUT2D eigenvalue weighted by molar-refractivity contribution is 7.89. The van der Waals surface area contributed by atoms with Crippen LogP contribution in [0.1, 0.15) is 41.0 Å². The molecule has 1 rings (SSSR count). The third-order valence-electron chi connectivity index (χ3n) is 3.65. The van der Waals surface area contributed by atoms with Gasteiger partial charge in [-0.1, -0.05) is 26.3 Å². The maximum Gasteiger partial charge on any atom is 0.312 e. The summed E-state index contributed by atoms with van der Waals surface area (Å²) in [4.78, 5) is 23.7. The number of nitrogens with one attached hydrogen (secondary N) is 3. The number of anilines is 1. The molecule has 1 aromatic carbocycles. The largest absolute Gasteiger partial charge is 0.352 e. The number of hydrogen-bond acceptors (Lipinski definition) is 4. The van der Waals surface area contributed by atoms with E-state index in [-0.39, 0.29) is 10.8 Å². The number of benzene rings is 1. The minimum absolute atomic E-state index is 0.0353. The topological polar surface area (TPSA) is 130 Å². The number of carbonyl (C=O) groups excluding carboxylic acids is 2. The van der Waals surface area contributed by atoms with Crippen LogP contribution in [0.3, 0.4) is 0 Å². The lowest BCUT2D eigenvalue weighted by atomic mass is 9.98. The van der Waals surface area contributed by atoms with Gasteiger partial charge in [0.1, 0.15) is 6.04 Å². The van der Waals surface area contributed by atoms with Crippen LogP contribution in [0.25, 0.3) is 0 Å². The molecule has 5 N–H and O–H groups in total. The highest BCUT2D eigenvalue weighted by atomic mass is 32.2. The molecular formula is C17H28N4O4S. The van der Waals surface area contributed by atoms with Crippen LogP contribution in [0, 0.1) is 5.92 Å². The summed E-state index contributed by atoms with van der Waals surface area (Å²) in [5, 5.41) is 5.06. The fraction of sp³-hybridized carbons (Fsp3) is 0.529. The molecule has 0 aliphatic carbocycles. The summed E-state index contributed by atoms with van der Waals surface area (Å²) < 4.78 is 27.4. The minimum Gasteiger partial charge on any atom is -0.352 e. The molecule has 1 aromatic rings. The van der Waals surface area contributed by atoms with Gasteiger partial charge in [0.15, 0.2) is 0 Å². The zero-order valence-corrected chi connectivity index (χ0v) is 16.6. The zero-order valence-electron chi connectivity index (χ0n) is 15.8. The van der Waals surface area contributed by atoms with E-state index in [1.807, 2.05) is 13.8 Å². The molecule has 0 spiro atoms. The molecule has 0 heterocycles. The van der Waals surface area contributed by atoms with Crippen molar-refractivity contribution in [1.82, 2.24) is 10.0 Å². The second-order valence-electron chi connectivity index (χ2n) is 7.24. The van der Waals surface area contributed by atoms with Crippen molar-refractivity contribution in [2.45, 2.75) is 57.5 Å². The summed E-state index contributed by atoms with van der Waals surface area (Å²) in [6.45, 7) is 8.92. The lowest BCUT2D eigenvalue weighted by molar-refractivity contribution is -0.119. The summed E-state index contributed by atoms with van der Waals surface area (Å²) in [5.41, 5.74) is 4.82. The molecule has 0 unspecified atom stereocenters. The van der Waals surface area contributed by atoms with Crippen molar-refractivity contribution in [3.8, 4) is 0 Å². The summed E-state index contributed by atoms with van der Waals surface area (Å²) in [6, 6.07) is 4.31. The van der Waals surface area contributed by atoms with Crippen molar-refractivity contribution in [2.75, 3.05) is 5.32 Å². The number of carbonyl (C=O) groups is 2. The van der Waals surface area contributed by atoms with E-state index in [0.717, 1.165) is 0 Å². The van der Waals surface area contributed by atoms with Gasteiger partial charge in [0, 0.05) is 11.2 Å². The standard InChI is InChI=1S/C17H28N4O4S/c1-6-11(2)14(20-16(18)23)15(22)19-12-8-7-9-13(10-12)26(24,25)21-17(3,4)5/h7-11,14,21H,6H2,1-5H3,(H,19,22)(H3,18,20,23)/t11-,14-/m0/s1. The Kier molecular flexibility index (Phi) is 7.16. The van der Waals surface area contributed by atoms with E-state index in [0.29, 0.717) is 12.1 Å². The first-order chi connectivity index (χ1) is 11.9. The fourth-order valence-corrected chi connectivity index (χ4v) is 3.74. The first kappa shape index (κ1) is 21.9. The number of nitrogens with two attached hydrogens (primary N) is 1. The molecular weight excluding hydrogens is 356 g/mol. The van der Waals surface area contributed by atoms with Crippen LogP contribution in [0.4, 0.5) is 10.5 Å². The van der Waals surface area contributed by atoms with E-state index in [9.17, 15) is 18.0 Å². The molecule has 0 aliphatic rings. The molecule has 9 heteroatoms. The highest BCUT2D eigenvalue weighted by Gasteiger charge is 2.26. The third-order valence-corrected chi connectivity index (χ3v) is 5.40. The fourth-order valence-electron chi connectivity index (χ4n) is 2.28. The molecule has 0 bridgehead atoms. The molecule has 146 valence electrons. The van der Waals surface area contributed by atoms with Gasteiger partial charge in [0.25, 0.3) is 0 Å². The molecule has 3 amide bonds. The zero-order chi connectivity index (χ0) is 20.1. The van der Waals surface area contributed by atoms with Crippen LogP contribution < -0.4 is 21.1 Å². The van der Waals surface area contributed by atoms with Crippen molar-refractivity contribution in [3.05, 3.63) is 24.3 Å². The van der Waals surface area contributed by atoms with Crippen molar-refractivity contribution in [2.24, 2.45) is 11.7 Å². The first-order valence-corrected chi connectivity index (χ1v) is 9.85. The van der Waals surface area contributed by atoms with Crippen LogP contribution in [-0.2, 0) is 14.8 Å². The van der Waals surface area contributed by atoms with E-state index < -0.39 is 33.5 Å². The lowest BCUT2D eigenvalue weighted by Gasteiger charge is -2.23. The summed E-state index contributed by atoms with van der Waals surface area (Å²) in [7, 11) is -3.73. The molecule has 8 nitrogen and oxygen atoms in total. The van der Waals surface area contributed by atoms with Gasteiger partial charge in [0.2, 0.25) is 15.9 Å². The van der Waals surface area contributed by atoms with Crippen LogP contribution in [0.5, 0.6) is 0 Å². The van der Waals surface area contributed by atoms with Gasteiger partial charge >= 0.3 is 6.03 Å². The van der Waals surface area contributed by atoms with Gasteiger partial charge in [0.05, 0.1) is 4.90 Å². The maximum atomic E-state index is 12.5. The van der Waals surface area contributed by atoms with E-state index >= 15 is 0 Å². The Morgan fingerprint density at radius 2 is 1.85 bits per heavy atom. The van der Waals surface area contributed by atoms with Crippen LogP contribution >= 0.6 is 0 Å². The van der Waals surface area contributed by atoms with Crippen molar-refractivity contribution in [3.63, 3.8) is 0 Å². The first-order valence-electron chi connectivity index (χ1n) is 8.36. The molecule has 0 fully saturated rings. The van der Waals surface area contributed by atoms with Gasteiger partial charge in [-0.15, -0.1) is 0 Å². The molecule has 26 heavy (non-hydrogen) atoms. The van der Waals surface area contributed by atoms with Crippen LogP contribution in [0.2, 0.25) is 0 Å². The van der Waals surface area contributed by atoms with Gasteiger partial charge < -0.3 is 16.4 Å². The van der Waals surface area contributed by atoms with E-state index in [1.54, 1.807) is 26.8 Å². The summed E-state index contributed by atoms with van der Waals surface area (Å²) in [5.74, 6) is -0.603. The molecule has 0 aliphatic heterocycles. The van der Waals surface area contributed by atoms with Crippen molar-refractivity contribution < 1.29 is 18.0 Å². The maximum absolute atomic E-state index is 12.5. The Morgan fingerprint density at radius 3 is 2.35 bits per heavy atom. The third kappa shape index (κ3) is 6.64. The molecule has 0 saturated heterocycles. The summed E-state index contributed by atoms with van der Waals surface area (Å²) >= 11 is 0. The highest BCUT2D eigenvalue weighted by Crippen LogP contribution is 2.18. The van der Waals surface area contributed by atoms with E-state index in [1.165, 1.54) is 18.2 Å². The van der Waals surface area contributed by atoms with Crippen molar-refractivity contribution >= 4 is 27.6 Å². The Bertz CT molecular complexity index is 756. The SMILES string of the molecule is CC[C@H](C)[C@H](NC(N)=O)C(=O)Nc1cccc(S(=O)(=O)NC(C)(C)C)c1. The quantitative estimate of drug-likeness (QED) is 0.571. The molecule has 2 atom stereocenters. The Balaban J connectivity index is 3.04. The predicted molar refractivity (Wildman–Crippen MR) is 101 cm³/mol. The Hall–Kier alpha value is -2.13. The van der Waals surface area contributed by atoms with Gasteiger partial charge in [-0.25, -0.2) is 17.9 Å². The predicted octanol–water partition coefficient (Wildman–Crippen LogP) is 1.78. The van der Waals surface area contributed by atoms with Gasteiger partial charge in [-0.3, -0.25) is 4.79 Å². The minimum atomic E-state index is -3.73. The average molecular weight is 385 g/mol. The van der Waals surface area contributed by atoms with Crippen LogP contribution in [-0.4, -0.2) is 31.9 Å². The van der Waals surface area contributed by atoms with Crippen LogP contribution in [0.15, 0.2) is 29.2 Å². The molecule has 0 radical (unpaired) electrons. The van der Waals surface area contributed by atoms with Crippen molar-refractivity contribution in [1.29, 1.82) is 0 Å². The van der Waals surface area contributed by atoms with E-state index in [4.69, 9.17) is 5.73 Å². The second-order valence-corrected chi connectivity index (χ2v) is 8.93. The number of urea groups is 1. The second kappa shape index (κ2) is 8.50. The number of primary amides is 1. The van der Waals surface area contributed by atoms with Gasteiger partial charge in [-0.2, -0.15) is 0 Å². The molecule has 0 aromatic heterocycles. The normalized spacial score (nSPS) is 14.3. The lowest BCUT2D eigenvalue weighted by Crippen LogP contribution is -2.49. The monoisotopic (exact) mass is 384 g/mol.